The molecule has 0 aliphatic carbocycles. The maximum atomic E-state index is 8.25. The molecule has 0 radical (unpaired) electrons. The Bertz CT molecular complexity index is 1300. The van der Waals surface area contributed by atoms with Crippen LogP contribution in [0, 0.1) is 103 Å². The molecule has 5 heterocycles. The molecule has 21 nitrogen and oxygen atoms in total. The van der Waals surface area contributed by atoms with Crippen LogP contribution in [0.3, 0.4) is 0 Å². The van der Waals surface area contributed by atoms with Crippen molar-refractivity contribution in [3.05, 3.63) is 189 Å². The molecule has 0 aromatic carbocycles. The molecule has 22 heteroatoms. The van der Waals surface area contributed by atoms with Gasteiger partial charge in [0.1, 0.15) is 0 Å². The quantitative estimate of drug-likeness (QED) is 0.183. The number of pyridine rings is 5. The van der Waals surface area contributed by atoms with Crippen LogP contribution in [0.1, 0.15) is 0 Å². The molecule has 0 amide bonds. The summed E-state index contributed by atoms with van der Waals surface area (Å²) in [6.45, 7) is 0. The smallest absolute Gasteiger partial charge is 0.166 e. The van der Waals surface area contributed by atoms with Gasteiger partial charge in [0, 0.05) is 78.4 Å². The fraction of sp³-hybridized carbons (Fsp3) is 0. The maximum Gasteiger partial charge on any atom is 0.166 e. The van der Waals surface area contributed by atoms with E-state index >= 15 is 0 Å². The Labute approximate surface area is 297 Å². The van der Waals surface area contributed by atoms with E-state index in [4.69, 9.17) is 61.3 Å². The van der Waals surface area contributed by atoms with E-state index in [-0.39, 0.29) is 41.7 Å². The van der Waals surface area contributed by atoms with Crippen molar-refractivity contribution in [1.82, 2.24) is 15.0 Å². The van der Waals surface area contributed by atoms with Crippen molar-refractivity contribution in [2.24, 2.45) is 0 Å². The van der Waals surface area contributed by atoms with Gasteiger partial charge in [-0.05, 0) is 36.4 Å². The van der Waals surface area contributed by atoms with Gasteiger partial charge in [0.05, 0.1) is 43.1 Å². The number of hydrogen-bond donors (Lipinski definition) is 0. The zero-order valence-corrected chi connectivity index (χ0v) is 26.8. The second kappa shape index (κ2) is 31.4. The molecular weight excluding hydrogens is 758 g/mol. The van der Waals surface area contributed by atoms with E-state index in [2.05, 4.69) is 24.9 Å². The van der Waals surface area contributed by atoms with E-state index in [9.17, 15) is 0 Å². The Morgan fingerprint density at radius 3 is 0.872 bits per heavy atom. The minimum Gasteiger partial charge on any atom is -0.356 e. The van der Waals surface area contributed by atoms with Gasteiger partial charge < -0.3 is 61.3 Å². The van der Waals surface area contributed by atoms with E-state index < -0.39 is 20.3 Å². The summed E-state index contributed by atoms with van der Waals surface area (Å²) in [6.07, 6.45) is 11.0. The van der Waals surface area contributed by atoms with Gasteiger partial charge in [-0.3, -0.25) is 9.97 Å². The van der Waals surface area contributed by atoms with Crippen molar-refractivity contribution in [3.63, 3.8) is 0 Å². The van der Waals surface area contributed by atoms with E-state index in [0.29, 0.717) is 0 Å². The van der Waals surface area contributed by atoms with Gasteiger partial charge in [-0.1, -0.05) is 30.3 Å². The van der Waals surface area contributed by atoms with Gasteiger partial charge in [0.25, 0.3) is 0 Å². The largest absolute Gasteiger partial charge is 0.356 e. The van der Waals surface area contributed by atoms with Crippen LogP contribution in [-0.2, 0) is 0 Å². The van der Waals surface area contributed by atoms with Crippen molar-refractivity contribution in [3.8, 4) is 22.8 Å². The van der Waals surface area contributed by atoms with Crippen LogP contribution in [0.4, 0.5) is 0 Å². The third-order valence-electron chi connectivity index (χ3n) is 3.82. The van der Waals surface area contributed by atoms with Gasteiger partial charge in [-0.2, -0.15) is 0 Å². The van der Waals surface area contributed by atoms with Crippen LogP contribution in [0.2, 0.25) is 0 Å². The molecule has 0 aliphatic heterocycles. The topological polar surface area (TPSA) is 332 Å². The Balaban J connectivity index is -0.000000555. The molecule has 47 heavy (non-hydrogen) atoms. The monoisotopic (exact) mass is 781 g/mol. The molecule has 0 unspecified atom stereocenters. The number of aromatic nitrogens is 5. The van der Waals surface area contributed by atoms with Gasteiger partial charge in [-0.25, -0.2) is 15.0 Å². The Kier molecular flexibility index (Phi) is 30.3. The van der Waals surface area contributed by atoms with E-state index in [1.165, 1.54) is 0 Å². The zero-order chi connectivity index (χ0) is 35.0. The standard InChI is InChI=1S/C15H11N3.2C5H5N.Ce.4NO3/c1-3-10-16-12(6-1)14-8-5-9-15(18-14)13-7-2-4-11-17-13;2*1-2-4-6-5-3-1;;4*2-1(3)4/h1-11H;2*1-5H;;;;;/q;;;;4*-1/p+2. The second-order valence-corrected chi connectivity index (χ2v) is 6.89. The van der Waals surface area contributed by atoms with Gasteiger partial charge in [0.2, 0.25) is 0 Å². The zero-order valence-electron chi connectivity index (χ0n) is 23.7. The fourth-order valence-corrected chi connectivity index (χ4v) is 2.43. The van der Waals surface area contributed by atoms with Crippen LogP contribution < -0.4 is 9.97 Å². The van der Waals surface area contributed by atoms with E-state index in [0.717, 1.165) is 22.8 Å². The van der Waals surface area contributed by atoms with E-state index in [1.807, 2.05) is 116 Å². The summed E-state index contributed by atoms with van der Waals surface area (Å²) < 4.78 is 0. The third kappa shape index (κ3) is 36.0. The van der Waals surface area contributed by atoms with Crippen molar-refractivity contribution >= 4 is 0 Å². The molecule has 5 rings (SSSR count). The maximum absolute atomic E-state index is 8.25. The molecular formula is C25H23CeN9O12-2. The predicted molar refractivity (Wildman–Crippen MR) is 158 cm³/mol. The summed E-state index contributed by atoms with van der Waals surface area (Å²) >= 11 is 0. The molecule has 2 N–H and O–H groups in total. The first kappa shape index (κ1) is 45.4. The summed E-state index contributed by atoms with van der Waals surface area (Å²) in [7, 11) is 0. The molecule has 0 spiro atoms. The minimum absolute atomic E-state index is 0. The van der Waals surface area contributed by atoms with Gasteiger partial charge in [0.15, 0.2) is 24.8 Å². The Morgan fingerprint density at radius 2 is 0.681 bits per heavy atom. The third-order valence-corrected chi connectivity index (χ3v) is 3.82. The first-order chi connectivity index (χ1) is 21.9. The fourth-order valence-electron chi connectivity index (χ4n) is 2.43. The molecule has 0 saturated carbocycles. The van der Waals surface area contributed by atoms with Crippen LogP contribution in [0.5, 0.6) is 0 Å². The first-order valence-corrected chi connectivity index (χ1v) is 11.7. The summed E-state index contributed by atoms with van der Waals surface area (Å²) in [4.78, 5) is 52.0. The molecule has 0 fully saturated rings. The normalized spacial score (nSPS) is 8.00. The SMILES string of the molecule is O=[N+]([O-])[O-].O=[N+]([O-])[O-].O=[N+]([O-])[O-].O=[N+]([O-])[O-].[Ce].c1cc[nH+]cc1.c1cc[nH+]cc1.c1ccc(-c2cccc(-c3ccccn3)n2)nc1. The number of hydrogen-bond acceptors (Lipinski definition) is 15. The van der Waals surface area contributed by atoms with Crippen LogP contribution in [0.25, 0.3) is 22.8 Å². The number of H-pyrrole nitrogens is 2. The molecule has 0 aliphatic rings. The Morgan fingerprint density at radius 1 is 0.404 bits per heavy atom. The number of aromatic amines is 2. The summed E-state index contributed by atoms with van der Waals surface area (Å²) in [6, 6.07) is 29.2. The molecule has 0 bridgehead atoms. The van der Waals surface area contributed by atoms with Crippen LogP contribution in [0.15, 0.2) is 128 Å². The Hall–Kier alpha value is -6.07. The molecule has 5 aromatic heterocycles. The number of nitrogens with zero attached hydrogens (tertiary/aromatic N) is 7. The van der Waals surface area contributed by atoms with Crippen molar-refractivity contribution in [2.75, 3.05) is 0 Å². The molecule has 5 aromatic rings. The van der Waals surface area contributed by atoms with E-state index in [1.54, 1.807) is 12.4 Å². The molecule has 0 saturated heterocycles. The minimum atomic E-state index is -1.75. The summed E-state index contributed by atoms with van der Waals surface area (Å²) in [5.41, 5.74) is 3.46. The van der Waals surface area contributed by atoms with Crippen molar-refractivity contribution < 1.29 is 72.1 Å². The van der Waals surface area contributed by atoms with Gasteiger partial charge >= 0.3 is 0 Å². The average Bonchev–Trinajstić information content (AvgIpc) is 3.03. The van der Waals surface area contributed by atoms with Crippen LogP contribution in [-0.4, -0.2) is 35.3 Å². The predicted octanol–water partition coefficient (Wildman–Crippen LogP) is 3.25. The second-order valence-electron chi connectivity index (χ2n) is 6.89. The summed E-state index contributed by atoms with van der Waals surface area (Å²) in [5, 5.41) is 59.0. The van der Waals surface area contributed by atoms with Crippen molar-refractivity contribution in [1.29, 1.82) is 0 Å². The first-order valence-electron chi connectivity index (χ1n) is 11.7. The average molecular weight is 782 g/mol. The van der Waals surface area contributed by atoms with Gasteiger partial charge in [-0.15, -0.1) is 0 Å². The number of rotatable bonds is 2. The molecule has 0 atom stereocenters. The molecule has 246 valence electrons. The van der Waals surface area contributed by atoms with Crippen molar-refractivity contribution in [2.45, 2.75) is 0 Å². The number of nitrogens with one attached hydrogen (secondary N) is 2. The van der Waals surface area contributed by atoms with Crippen LogP contribution >= 0.6 is 0 Å². The summed E-state index contributed by atoms with van der Waals surface area (Å²) in [5.74, 6) is 0.